The number of nitrogens with one attached hydrogen (secondary N) is 1. The Kier molecular flexibility index (Phi) is 10.9. The fourth-order valence-electron chi connectivity index (χ4n) is 3.07. The number of aliphatic hydroxyl groups is 2. The molecule has 15 heteroatoms. The van der Waals surface area contributed by atoms with E-state index in [2.05, 4.69) is 25.6 Å². The van der Waals surface area contributed by atoms with Gasteiger partial charge in [-0.1, -0.05) is 40.2 Å². The largest absolute Gasteiger partial charge is 0.394 e. The van der Waals surface area contributed by atoms with Crippen molar-refractivity contribution in [3.63, 3.8) is 0 Å². The van der Waals surface area contributed by atoms with Crippen LogP contribution in [0.2, 0.25) is 10.2 Å². The maximum atomic E-state index is 12.4. The number of hydrogen-bond acceptors (Lipinski definition) is 11. The lowest BCUT2D eigenvalue weighted by Crippen LogP contribution is -2.41. The molecule has 4 atom stereocenters. The van der Waals surface area contributed by atoms with Gasteiger partial charge in [0, 0.05) is 30.1 Å². The Hall–Kier alpha value is -1.84. The van der Waals surface area contributed by atoms with Gasteiger partial charge < -0.3 is 25.0 Å². The van der Waals surface area contributed by atoms with Crippen molar-refractivity contribution < 1.29 is 24.5 Å². The number of carbonyl (C=O) groups is 1. The number of nitrogens with zero attached hydrogens (tertiary/aromatic N) is 5. The molecule has 0 aromatic carbocycles. The van der Waals surface area contributed by atoms with Crippen LogP contribution in [0.25, 0.3) is 10.7 Å². The number of amides is 1. The molecule has 0 fully saturated rings. The summed E-state index contributed by atoms with van der Waals surface area (Å²) in [4.78, 5) is 21.2. The highest BCUT2D eigenvalue weighted by molar-refractivity contribution is 8.00. The summed E-state index contributed by atoms with van der Waals surface area (Å²) >= 11 is 14.6. The highest BCUT2D eigenvalue weighted by Gasteiger charge is 2.31. The van der Waals surface area contributed by atoms with E-state index < -0.39 is 36.3 Å². The van der Waals surface area contributed by atoms with E-state index >= 15 is 0 Å². The van der Waals surface area contributed by atoms with Crippen LogP contribution < -0.4 is 5.32 Å². The van der Waals surface area contributed by atoms with Gasteiger partial charge in [0.2, 0.25) is 0 Å². The van der Waals surface area contributed by atoms with Gasteiger partial charge in [-0.05, 0) is 19.9 Å². The second-order valence-electron chi connectivity index (χ2n) is 7.46. The molecule has 0 saturated heterocycles. The molecule has 0 radical (unpaired) electrons. The quantitative estimate of drug-likeness (QED) is 0.205. The molecule has 3 aromatic heterocycles. The lowest BCUT2D eigenvalue weighted by Gasteiger charge is -2.31. The van der Waals surface area contributed by atoms with Gasteiger partial charge in [0.05, 0.1) is 30.5 Å². The van der Waals surface area contributed by atoms with Crippen molar-refractivity contribution in [1.82, 2.24) is 30.3 Å². The van der Waals surface area contributed by atoms with Crippen LogP contribution in [0.4, 0.5) is 0 Å². The molecule has 0 bridgehead atoms. The third kappa shape index (κ3) is 7.59. The lowest BCUT2D eigenvalue weighted by molar-refractivity contribution is -0.111. The van der Waals surface area contributed by atoms with Crippen molar-refractivity contribution in [2.24, 2.45) is 0 Å². The van der Waals surface area contributed by atoms with Gasteiger partial charge in [0.15, 0.2) is 0 Å². The second kappa shape index (κ2) is 13.6. The number of carbonyl (C=O) groups excluding carboxylic acids is 1. The maximum absolute atomic E-state index is 12.4. The van der Waals surface area contributed by atoms with Gasteiger partial charge in [-0.25, -0.2) is 14.6 Å². The van der Waals surface area contributed by atoms with Gasteiger partial charge >= 0.3 is 0 Å². The Morgan fingerprint density at radius 2 is 2.14 bits per heavy atom. The summed E-state index contributed by atoms with van der Waals surface area (Å²) in [5.41, 5.74) is -0.107. The molecule has 0 saturated carbocycles. The summed E-state index contributed by atoms with van der Waals surface area (Å²) in [5, 5.41) is 33.8. The summed E-state index contributed by atoms with van der Waals surface area (Å²) in [6, 6.07) is 1.60. The number of pyridine rings is 1. The highest BCUT2D eigenvalue weighted by Crippen LogP contribution is 2.33. The van der Waals surface area contributed by atoms with Crippen LogP contribution in [0.3, 0.4) is 0 Å². The standard InChI is InChI=1S/C21H26Cl2N6O5S2/c1-4-33-14(8-29-7-13(27-28-29)20-26-17(23)10-35-20)21(34-15(9-30)11(2)31)36-16-5-12(22)6-25-18(16)19(32)24-3/h5-7,10-11,14-15,21,30-31H,4,8-9H2,1-3H3,(H,24,32)/t11-,14+,15?,21?/m1/s1. The molecule has 3 heterocycles. The zero-order chi connectivity index (χ0) is 26.2. The van der Waals surface area contributed by atoms with Crippen molar-refractivity contribution in [3.8, 4) is 10.7 Å². The Balaban J connectivity index is 1.93. The fraction of sp³-hybridized carbons (Fsp3) is 0.476. The molecular formula is C21H26Cl2N6O5S2. The summed E-state index contributed by atoms with van der Waals surface area (Å²) in [7, 11) is 1.50. The van der Waals surface area contributed by atoms with Crippen LogP contribution in [-0.2, 0) is 16.0 Å². The number of thioether (sulfide) groups is 1. The molecule has 196 valence electrons. The van der Waals surface area contributed by atoms with Crippen molar-refractivity contribution in [2.45, 2.75) is 49.0 Å². The molecule has 3 N–H and O–H groups in total. The maximum Gasteiger partial charge on any atom is 0.270 e. The van der Waals surface area contributed by atoms with Gasteiger partial charge in [-0.3, -0.25) is 4.79 Å². The SMILES string of the molecule is CCO[C@@H](Cn1cc(-c2nc(Cl)cs2)nn1)C(OC(CO)[C@@H](C)O)Sc1cc(Cl)cnc1C(=O)NC. The highest BCUT2D eigenvalue weighted by atomic mass is 35.5. The molecule has 2 unspecified atom stereocenters. The zero-order valence-electron chi connectivity index (χ0n) is 19.7. The van der Waals surface area contributed by atoms with Crippen molar-refractivity contribution in [3.05, 3.63) is 39.7 Å². The minimum atomic E-state index is -0.969. The van der Waals surface area contributed by atoms with Gasteiger partial charge in [0.1, 0.15) is 39.2 Å². The third-order valence-electron chi connectivity index (χ3n) is 4.82. The summed E-state index contributed by atoms with van der Waals surface area (Å²) < 4.78 is 13.7. The monoisotopic (exact) mass is 576 g/mol. The van der Waals surface area contributed by atoms with Crippen LogP contribution in [0.5, 0.6) is 0 Å². The average Bonchev–Trinajstić information content (AvgIpc) is 3.49. The predicted molar refractivity (Wildman–Crippen MR) is 137 cm³/mol. The third-order valence-corrected chi connectivity index (χ3v) is 7.42. The summed E-state index contributed by atoms with van der Waals surface area (Å²) in [6.07, 6.45) is 0.561. The van der Waals surface area contributed by atoms with Gasteiger partial charge in [-0.2, -0.15) is 0 Å². The van der Waals surface area contributed by atoms with E-state index in [1.165, 1.54) is 31.5 Å². The van der Waals surface area contributed by atoms with Crippen LogP contribution in [0.15, 0.2) is 28.7 Å². The molecule has 3 aromatic rings. The Bertz CT molecular complexity index is 1150. The lowest BCUT2D eigenvalue weighted by atomic mass is 10.2. The number of halogens is 2. The Morgan fingerprint density at radius 3 is 2.75 bits per heavy atom. The van der Waals surface area contributed by atoms with Crippen LogP contribution >= 0.6 is 46.3 Å². The number of thiazole rings is 1. The van der Waals surface area contributed by atoms with Crippen molar-refractivity contribution in [1.29, 1.82) is 0 Å². The van der Waals surface area contributed by atoms with E-state index in [9.17, 15) is 15.0 Å². The summed E-state index contributed by atoms with van der Waals surface area (Å²) in [5.74, 6) is -0.405. The van der Waals surface area contributed by atoms with E-state index in [4.69, 9.17) is 32.7 Å². The van der Waals surface area contributed by atoms with Crippen LogP contribution in [0.1, 0.15) is 24.3 Å². The van der Waals surface area contributed by atoms with Crippen molar-refractivity contribution >= 4 is 52.2 Å². The van der Waals surface area contributed by atoms with E-state index in [-0.39, 0.29) is 12.2 Å². The van der Waals surface area contributed by atoms with E-state index in [1.54, 1.807) is 22.3 Å². The average molecular weight is 578 g/mol. The molecule has 11 nitrogen and oxygen atoms in total. The number of aliphatic hydroxyl groups excluding tert-OH is 2. The second-order valence-corrected chi connectivity index (χ2v) is 10.3. The van der Waals surface area contributed by atoms with Crippen molar-refractivity contribution in [2.75, 3.05) is 20.3 Å². The first-order valence-electron chi connectivity index (χ1n) is 10.9. The van der Waals surface area contributed by atoms with Gasteiger partial charge in [-0.15, -0.1) is 16.4 Å². The number of rotatable bonds is 13. The molecular weight excluding hydrogens is 551 g/mol. The Morgan fingerprint density at radius 1 is 1.36 bits per heavy atom. The first kappa shape index (κ1) is 28.7. The fourth-order valence-corrected chi connectivity index (χ4v) is 5.41. The predicted octanol–water partition coefficient (Wildman–Crippen LogP) is 2.74. The van der Waals surface area contributed by atoms with E-state index in [0.29, 0.717) is 32.4 Å². The molecule has 0 aliphatic rings. The van der Waals surface area contributed by atoms with E-state index in [1.807, 2.05) is 6.92 Å². The first-order valence-corrected chi connectivity index (χ1v) is 13.4. The molecule has 0 aliphatic heterocycles. The molecule has 1 amide bonds. The topological polar surface area (TPSA) is 145 Å². The molecule has 0 aliphatic carbocycles. The number of hydrogen-bond donors (Lipinski definition) is 3. The molecule has 36 heavy (non-hydrogen) atoms. The minimum absolute atomic E-state index is 0.150. The normalized spacial score (nSPS) is 14.9. The summed E-state index contributed by atoms with van der Waals surface area (Å²) in [6.45, 7) is 3.45. The van der Waals surface area contributed by atoms with E-state index in [0.717, 1.165) is 11.8 Å². The Labute approximate surface area is 226 Å². The molecule has 0 spiro atoms. The van der Waals surface area contributed by atoms with Crippen LogP contribution in [-0.4, -0.2) is 85.1 Å². The number of ether oxygens (including phenoxy) is 2. The minimum Gasteiger partial charge on any atom is -0.394 e. The van der Waals surface area contributed by atoms with Crippen LogP contribution in [0, 0.1) is 0 Å². The number of aromatic nitrogens is 5. The molecule has 3 rings (SSSR count). The zero-order valence-corrected chi connectivity index (χ0v) is 22.8. The first-order chi connectivity index (χ1) is 17.2. The van der Waals surface area contributed by atoms with Gasteiger partial charge in [0.25, 0.3) is 5.91 Å². The smallest absolute Gasteiger partial charge is 0.270 e.